The normalized spacial score (nSPS) is 21.1. The molecule has 3 aromatic rings. The summed E-state index contributed by atoms with van der Waals surface area (Å²) in [5.41, 5.74) is 2.63. The molecule has 3 N–H and O–H groups in total. The number of sulfonamides is 1. The lowest BCUT2D eigenvalue weighted by Gasteiger charge is -2.49. The maximum Gasteiger partial charge on any atom is 0.326 e. The predicted molar refractivity (Wildman–Crippen MR) is 154 cm³/mol. The second-order valence-corrected chi connectivity index (χ2v) is 12.6. The zero-order valence-electron chi connectivity index (χ0n) is 22.7. The van der Waals surface area contributed by atoms with Crippen molar-refractivity contribution in [1.82, 2.24) is 9.62 Å². The van der Waals surface area contributed by atoms with E-state index in [1.807, 2.05) is 13.0 Å². The highest BCUT2D eigenvalue weighted by atomic mass is 32.2. The first-order valence-corrected chi connectivity index (χ1v) is 15.2. The maximum atomic E-state index is 13.7. The molecule has 0 unspecified atom stereocenters. The maximum absolute atomic E-state index is 13.7. The number of benzene rings is 3. The van der Waals surface area contributed by atoms with Crippen LogP contribution in [0.4, 0.5) is 5.69 Å². The Morgan fingerprint density at radius 3 is 2.15 bits per heavy atom. The zero-order chi connectivity index (χ0) is 29.1. The molecule has 2 aliphatic heterocycles. The van der Waals surface area contributed by atoms with Gasteiger partial charge in [0.25, 0.3) is 5.91 Å². The van der Waals surface area contributed by atoms with Crippen molar-refractivity contribution < 1.29 is 27.9 Å². The van der Waals surface area contributed by atoms with E-state index in [1.54, 1.807) is 72.8 Å². The van der Waals surface area contributed by atoms with Gasteiger partial charge in [-0.2, -0.15) is 4.31 Å². The monoisotopic (exact) mass is 575 g/mol. The summed E-state index contributed by atoms with van der Waals surface area (Å²) < 4.78 is 28.8. The number of hydrogen-bond acceptors (Lipinski definition) is 5. The number of piperidine rings is 2. The van der Waals surface area contributed by atoms with Gasteiger partial charge in [0.05, 0.1) is 4.90 Å². The average Bonchev–Trinajstić information content (AvgIpc) is 2.98. The highest BCUT2D eigenvalue weighted by molar-refractivity contribution is 7.89. The Morgan fingerprint density at radius 1 is 0.902 bits per heavy atom. The molecule has 10 heteroatoms. The van der Waals surface area contributed by atoms with Crippen molar-refractivity contribution in [1.29, 1.82) is 0 Å². The highest BCUT2D eigenvalue weighted by Crippen LogP contribution is 2.42. The molecule has 6 rings (SSSR count). The molecule has 9 nitrogen and oxygen atoms in total. The van der Waals surface area contributed by atoms with E-state index < -0.39 is 34.0 Å². The van der Waals surface area contributed by atoms with Crippen LogP contribution in [0.25, 0.3) is 0 Å². The molecule has 0 spiro atoms. The van der Waals surface area contributed by atoms with Crippen molar-refractivity contribution in [3.8, 4) is 0 Å². The third-order valence-electron chi connectivity index (χ3n) is 7.99. The Kier molecular flexibility index (Phi) is 8.23. The molecule has 1 saturated carbocycles. The number of carbonyl (C=O) groups is 3. The lowest BCUT2D eigenvalue weighted by molar-refractivity contribution is -0.143. The number of amides is 2. The van der Waals surface area contributed by atoms with Crippen LogP contribution in [0.1, 0.15) is 47.2 Å². The van der Waals surface area contributed by atoms with E-state index in [2.05, 4.69) is 10.6 Å². The topological polar surface area (TPSA) is 133 Å². The van der Waals surface area contributed by atoms with Crippen LogP contribution < -0.4 is 10.6 Å². The van der Waals surface area contributed by atoms with Crippen LogP contribution in [-0.4, -0.2) is 53.7 Å². The van der Waals surface area contributed by atoms with Crippen molar-refractivity contribution >= 4 is 33.5 Å². The summed E-state index contributed by atoms with van der Waals surface area (Å²) in [5, 5.41) is 15.4. The van der Waals surface area contributed by atoms with Crippen LogP contribution in [0.2, 0.25) is 0 Å². The molecule has 214 valence electrons. The fourth-order valence-corrected chi connectivity index (χ4v) is 7.72. The minimum absolute atomic E-state index is 0.000484. The number of carboxylic acids is 1. The van der Waals surface area contributed by atoms with E-state index >= 15 is 0 Å². The van der Waals surface area contributed by atoms with Crippen LogP contribution in [-0.2, 0) is 26.0 Å². The van der Waals surface area contributed by atoms with Crippen LogP contribution in [0, 0.1) is 12.8 Å². The van der Waals surface area contributed by atoms with E-state index in [1.165, 1.54) is 4.31 Å². The van der Waals surface area contributed by atoms with Crippen LogP contribution >= 0.6 is 0 Å². The Morgan fingerprint density at radius 2 is 1.54 bits per heavy atom. The molecule has 2 heterocycles. The van der Waals surface area contributed by atoms with E-state index in [-0.39, 0.29) is 29.2 Å². The van der Waals surface area contributed by atoms with Crippen LogP contribution in [0.15, 0.2) is 83.8 Å². The summed E-state index contributed by atoms with van der Waals surface area (Å²) >= 11 is 0. The SMILES string of the molecule is Cc1ccc(S(=O)(=O)N2C3CCC(CC3)[C@@H]2C(=O)N[C@@H](Cc2ccc(NC(=O)c3ccccc3)cc2)C(=O)O)cc1. The summed E-state index contributed by atoms with van der Waals surface area (Å²) in [4.78, 5) is 38.3. The quantitative estimate of drug-likeness (QED) is 0.353. The molecular weight excluding hydrogens is 542 g/mol. The first-order chi connectivity index (χ1) is 19.6. The third kappa shape index (κ3) is 6.18. The molecule has 0 aromatic heterocycles. The number of fused-ring (bicyclic) bond motifs is 3. The number of anilines is 1. The molecular formula is C31H33N3O6S. The molecule has 3 aliphatic rings. The number of carboxylic acid groups (broad SMARTS) is 1. The van der Waals surface area contributed by atoms with Crippen LogP contribution in [0.3, 0.4) is 0 Å². The minimum atomic E-state index is -3.96. The summed E-state index contributed by atoms with van der Waals surface area (Å²) in [6.07, 6.45) is 2.79. The Labute approximate surface area is 239 Å². The summed E-state index contributed by atoms with van der Waals surface area (Å²) in [5.74, 6) is -2.24. The van der Waals surface area contributed by atoms with Gasteiger partial charge >= 0.3 is 5.97 Å². The molecule has 3 fully saturated rings. The second kappa shape index (κ2) is 11.8. The molecule has 0 radical (unpaired) electrons. The van der Waals surface area contributed by atoms with E-state index in [0.717, 1.165) is 18.4 Å². The number of rotatable bonds is 9. The number of aryl methyl sites for hydroxylation is 1. The zero-order valence-corrected chi connectivity index (χ0v) is 23.5. The molecule has 2 saturated heterocycles. The number of nitrogens with zero attached hydrogens (tertiary/aromatic N) is 1. The van der Waals surface area contributed by atoms with Gasteiger partial charge in [-0.1, -0.05) is 48.0 Å². The second-order valence-electron chi connectivity index (χ2n) is 10.8. The number of carbonyl (C=O) groups excluding carboxylic acids is 2. The van der Waals surface area contributed by atoms with Crippen molar-refractivity contribution in [2.24, 2.45) is 5.92 Å². The minimum Gasteiger partial charge on any atom is -0.480 e. The fourth-order valence-electron chi connectivity index (χ4n) is 5.82. The first-order valence-electron chi connectivity index (χ1n) is 13.7. The van der Waals surface area contributed by atoms with Gasteiger partial charge in [-0.15, -0.1) is 0 Å². The lowest BCUT2D eigenvalue weighted by Crippen LogP contribution is -2.63. The van der Waals surface area contributed by atoms with Crippen molar-refractivity contribution in [2.45, 2.75) is 62.0 Å². The van der Waals surface area contributed by atoms with Gasteiger partial charge in [-0.25, -0.2) is 13.2 Å². The largest absolute Gasteiger partial charge is 0.480 e. The number of aliphatic carboxylic acids is 1. The van der Waals surface area contributed by atoms with Gasteiger partial charge in [0, 0.05) is 23.7 Å². The smallest absolute Gasteiger partial charge is 0.326 e. The van der Waals surface area contributed by atoms with Crippen molar-refractivity contribution in [2.75, 3.05) is 5.32 Å². The van der Waals surface area contributed by atoms with E-state index in [9.17, 15) is 27.9 Å². The number of hydrogen-bond donors (Lipinski definition) is 3. The van der Waals surface area contributed by atoms with E-state index in [0.29, 0.717) is 29.7 Å². The van der Waals surface area contributed by atoms with Crippen molar-refractivity contribution in [3.05, 3.63) is 95.6 Å². The summed E-state index contributed by atoms with van der Waals surface area (Å²) in [7, 11) is -3.96. The van der Waals surface area contributed by atoms with Crippen LogP contribution in [0.5, 0.6) is 0 Å². The molecule has 1 aliphatic carbocycles. The molecule has 2 atom stereocenters. The first kappa shape index (κ1) is 28.5. The van der Waals surface area contributed by atoms with Gasteiger partial charge in [0.15, 0.2) is 0 Å². The summed E-state index contributed by atoms with van der Waals surface area (Å²) in [6, 6.07) is 19.5. The molecule has 41 heavy (non-hydrogen) atoms. The van der Waals surface area contributed by atoms with Gasteiger partial charge < -0.3 is 15.7 Å². The van der Waals surface area contributed by atoms with Gasteiger partial charge in [-0.3, -0.25) is 9.59 Å². The third-order valence-corrected chi connectivity index (χ3v) is 9.94. The fraction of sp³-hybridized carbons (Fsp3) is 0.323. The lowest BCUT2D eigenvalue weighted by atomic mass is 9.76. The molecule has 2 bridgehead atoms. The Bertz CT molecular complexity index is 1520. The Balaban J connectivity index is 1.30. The summed E-state index contributed by atoms with van der Waals surface area (Å²) in [6.45, 7) is 1.87. The van der Waals surface area contributed by atoms with Gasteiger partial charge in [0.1, 0.15) is 12.1 Å². The highest BCUT2D eigenvalue weighted by Gasteiger charge is 2.51. The van der Waals surface area contributed by atoms with E-state index in [4.69, 9.17) is 0 Å². The Hall–Kier alpha value is -4.02. The number of nitrogens with one attached hydrogen (secondary N) is 2. The standard InChI is InChI=1S/C31H33N3O6S/c1-20-7-17-26(18-8-20)41(39,40)34-25-15-11-22(12-16-25)28(34)30(36)33-27(31(37)38)19-21-9-13-24(14-10-21)32-29(35)23-5-3-2-4-6-23/h2-10,13-14,17-18,22,25,27-28H,11-12,15-16,19H2,1H3,(H,32,35)(H,33,36)(H,37,38)/t22?,25?,27-,28+/m0/s1. The molecule has 2 amide bonds. The predicted octanol–water partition coefficient (Wildman–Crippen LogP) is 3.99. The molecule has 3 aromatic carbocycles. The van der Waals surface area contributed by atoms with Gasteiger partial charge in [0.2, 0.25) is 15.9 Å². The van der Waals surface area contributed by atoms with Gasteiger partial charge in [-0.05, 0) is 80.5 Å². The van der Waals surface area contributed by atoms with Crippen molar-refractivity contribution in [3.63, 3.8) is 0 Å². The average molecular weight is 576 g/mol.